The van der Waals surface area contributed by atoms with Gasteiger partial charge in [0.2, 0.25) is 5.43 Å². The van der Waals surface area contributed by atoms with Crippen molar-refractivity contribution in [3.63, 3.8) is 0 Å². The van der Waals surface area contributed by atoms with E-state index in [1.54, 1.807) is 36.4 Å². The molecule has 2 saturated heterocycles. The van der Waals surface area contributed by atoms with Crippen LogP contribution in [0.3, 0.4) is 0 Å². The minimum absolute atomic E-state index is 0.0497. The van der Waals surface area contributed by atoms with E-state index in [1.807, 2.05) is 36.4 Å². The first kappa shape index (κ1) is 31.9. The second kappa shape index (κ2) is 12.7. The van der Waals surface area contributed by atoms with Gasteiger partial charge in [-0.3, -0.25) is 14.5 Å². The number of amides is 2. The smallest absolute Gasteiger partial charge is 0.407 e. The van der Waals surface area contributed by atoms with Crippen LogP contribution in [0.15, 0.2) is 53.5 Å². The van der Waals surface area contributed by atoms with Gasteiger partial charge in [0.1, 0.15) is 22.4 Å². The third-order valence-corrected chi connectivity index (χ3v) is 8.98. The molecule has 4 aromatic rings. The average molecular weight is 658 g/mol. The number of alkyl carbamates (subject to hydrolysis) is 1. The Hall–Kier alpha value is -4.68. The van der Waals surface area contributed by atoms with Crippen molar-refractivity contribution in [1.82, 2.24) is 19.7 Å². The first-order chi connectivity index (χ1) is 23.1. The quantitative estimate of drug-likeness (QED) is 0.228. The van der Waals surface area contributed by atoms with E-state index in [9.17, 15) is 14.4 Å². The standard InChI is InChI=1S/C36H40FN5O6/c1-36(2,3)48-35(45)39-24-9-12-41(20-24)34(44)26-21-42-28-17-22-7-4-5-8-23(22)18-29(28)47-33-30(27(37)19-25(31(33)42)32(26)43)38-10-6-11-40-13-15-46-16-14-40/h4-5,7-8,17-19,21,24,38H,6,9-16,20H2,1-3H3,(H,39,45)/t24-/m1/s1. The van der Waals surface area contributed by atoms with Crippen LogP contribution in [0, 0.1) is 5.82 Å². The van der Waals surface area contributed by atoms with E-state index in [1.165, 1.54) is 6.07 Å². The summed E-state index contributed by atoms with van der Waals surface area (Å²) in [4.78, 5) is 44.2. The molecule has 12 heteroatoms. The van der Waals surface area contributed by atoms with E-state index in [4.69, 9.17) is 14.2 Å². The molecule has 0 saturated carbocycles. The lowest BCUT2D eigenvalue weighted by Gasteiger charge is -2.28. The molecule has 1 atom stereocenters. The summed E-state index contributed by atoms with van der Waals surface area (Å²) in [6.45, 7) is 10.4. The van der Waals surface area contributed by atoms with Crippen molar-refractivity contribution in [1.29, 1.82) is 0 Å². The van der Waals surface area contributed by atoms with Crippen LogP contribution in [0.4, 0.5) is 14.9 Å². The van der Waals surface area contributed by atoms with E-state index in [0.29, 0.717) is 49.7 Å². The predicted octanol–water partition coefficient (Wildman–Crippen LogP) is 5.26. The number of nitrogens with one attached hydrogen (secondary N) is 2. The zero-order valence-electron chi connectivity index (χ0n) is 27.4. The Labute approximate surface area is 277 Å². The third kappa shape index (κ3) is 6.29. The number of carbonyl (C=O) groups is 2. The molecule has 2 amide bonds. The van der Waals surface area contributed by atoms with Gasteiger partial charge in [-0.05, 0) is 69.1 Å². The number of likely N-dealkylation sites (tertiary alicyclic amines) is 1. The summed E-state index contributed by atoms with van der Waals surface area (Å²) in [7, 11) is 0. The molecule has 0 aliphatic carbocycles. The molecular formula is C36H40FN5O6. The molecule has 252 valence electrons. The van der Waals surface area contributed by atoms with Gasteiger partial charge >= 0.3 is 6.09 Å². The van der Waals surface area contributed by atoms with Crippen LogP contribution in [-0.4, -0.2) is 90.5 Å². The molecule has 4 heterocycles. The highest BCUT2D eigenvalue weighted by Gasteiger charge is 2.33. The maximum atomic E-state index is 16.0. The molecule has 2 N–H and O–H groups in total. The highest BCUT2D eigenvalue weighted by Crippen LogP contribution is 2.46. The first-order valence-electron chi connectivity index (χ1n) is 16.5. The number of halogens is 1. The molecule has 0 spiro atoms. The van der Waals surface area contributed by atoms with Gasteiger partial charge in [0.15, 0.2) is 17.3 Å². The van der Waals surface area contributed by atoms with E-state index < -0.39 is 28.8 Å². The number of rotatable bonds is 7. The van der Waals surface area contributed by atoms with Crippen molar-refractivity contribution in [3.8, 4) is 17.2 Å². The lowest BCUT2D eigenvalue weighted by Crippen LogP contribution is -2.41. The maximum Gasteiger partial charge on any atom is 0.407 e. The van der Waals surface area contributed by atoms with Crippen LogP contribution in [0.5, 0.6) is 11.5 Å². The van der Waals surface area contributed by atoms with Crippen LogP contribution in [0.25, 0.3) is 27.4 Å². The summed E-state index contributed by atoms with van der Waals surface area (Å²) in [6, 6.07) is 12.5. The molecule has 3 aliphatic heterocycles. The number of benzene rings is 3. The molecule has 1 aromatic heterocycles. The van der Waals surface area contributed by atoms with E-state index in [-0.39, 0.29) is 35.0 Å². The molecule has 3 aromatic carbocycles. The molecule has 3 aliphatic rings. The molecule has 48 heavy (non-hydrogen) atoms. The summed E-state index contributed by atoms with van der Waals surface area (Å²) < 4.78 is 35.0. The Kier molecular flexibility index (Phi) is 8.46. The number of ether oxygens (including phenoxy) is 3. The summed E-state index contributed by atoms with van der Waals surface area (Å²) in [5.41, 5.74) is -0.124. The molecule has 0 bridgehead atoms. The third-order valence-electron chi connectivity index (χ3n) is 8.98. The van der Waals surface area contributed by atoms with Crippen LogP contribution in [-0.2, 0) is 9.47 Å². The highest BCUT2D eigenvalue weighted by molar-refractivity contribution is 6.02. The number of hydrogen-bond acceptors (Lipinski definition) is 8. The van der Waals surface area contributed by atoms with E-state index in [0.717, 1.165) is 36.8 Å². The van der Waals surface area contributed by atoms with Gasteiger partial charge in [-0.2, -0.15) is 0 Å². The van der Waals surface area contributed by atoms with Gasteiger partial charge in [-0.25, -0.2) is 9.18 Å². The monoisotopic (exact) mass is 657 g/mol. The molecule has 11 nitrogen and oxygen atoms in total. The number of hydrogen-bond donors (Lipinski definition) is 2. The van der Waals surface area contributed by atoms with Gasteiger partial charge in [-0.15, -0.1) is 0 Å². The predicted molar refractivity (Wildman–Crippen MR) is 181 cm³/mol. The van der Waals surface area contributed by atoms with Crippen molar-refractivity contribution in [2.45, 2.75) is 45.3 Å². The lowest BCUT2D eigenvalue weighted by molar-refractivity contribution is 0.0378. The number of fused-ring (bicyclic) bond motifs is 3. The summed E-state index contributed by atoms with van der Waals surface area (Å²) >= 11 is 0. The van der Waals surface area contributed by atoms with E-state index in [2.05, 4.69) is 15.5 Å². The van der Waals surface area contributed by atoms with Gasteiger partial charge in [0.25, 0.3) is 5.91 Å². The summed E-state index contributed by atoms with van der Waals surface area (Å²) in [5, 5.41) is 7.99. The number of pyridine rings is 1. The normalized spacial score (nSPS) is 17.7. The minimum atomic E-state index is -0.656. The summed E-state index contributed by atoms with van der Waals surface area (Å²) in [6.07, 6.45) is 2.27. The zero-order chi connectivity index (χ0) is 33.6. The minimum Gasteiger partial charge on any atom is -0.451 e. The number of anilines is 1. The Morgan fingerprint density at radius 3 is 2.56 bits per heavy atom. The molecule has 7 rings (SSSR count). The fraction of sp³-hybridized carbons (Fsp3) is 0.417. The van der Waals surface area contributed by atoms with Crippen molar-refractivity contribution < 1.29 is 28.2 Å². The molecular weight excluding hydrogens is 617 g/mol. The average Bonchev–Trinajstić information content (AvgIpc) is 3.51. The van der Waals surface area contributed by atoms with Crippen LogP contribution in [0.1, 0.15) is 44.0 Å². The Morgan fingerprint density at radius 2 is 1.81 bits per heavy atom. The molecule has 0 radical (unpaired) electrons. The maximum absolute atomic E-state index is 16.0. The van der Waals surface area contributed by atoms with Crippen LogP contribution < -0.4 is 20.8 Å². The first-order valence-corrected chi connectivity index (χ1v) is 16.5. The highest BCUT2D eigenvalue weighted by atomic mass is 19.1. The molecule has 2 fully saturated rings. The van der Waals surface area contributed by atoms with Crippen molar-refractivity contribution in [2.75, 3.05) is 57.8 Å². The number of aromatic nitrogens is 1. The Morgan fingerprint density at radius 1 is 1.06 bits per heavy atom. The number of morpholine rings is 1. The molecule has 0 unspecified atom stereocenters. The topological polar surface area (TPSA) is 114 Å². The second-order valence-electron chi connectivity index (χ2n) is 13.6. The van der Waals surface area contributed by atoms with Crippen molar-refractivity contribution in [2.24, 2.45) is 0 Å². The Balaban J connectivity index is 1.24. The largest absolute Gasteiger partial charge is 0.451 e. The fourth-order valence-electron chi connectivity index (χ4n) is 6.67. The SMILES string of the molecule is CC(C)(C)OC(=O)N[C@@H]1CCN(C(=O)c2cn3c4c(c(NCCCN5CCOCC5)c(F)cc4c2=O)Oc2cc4ccccc4cc2-3)C1. The van der Waals surface area contributed by atoms with Crippen LogP contribution in [0.2, 0.25) is 0 Å². The van der Waals surface area contributed by atoms with Gasteiger partial charge in [-0.1, -0.05) is 24.3 Å². The van der Waals surface area contributed by atoms with Crippen molar-refractivity contribution >= 4 is 39.4 Å². The van der Waals surface area contributed by atoms with Gasteiger partial charge < -0.3 is 34.3 Å². The number of nitrogens with zero attached hydrogens (tertiary/aromatic N) is 3. The number of carbonyl (C=O) groups excluding carboxylic acids is 2. The fourth-order valence-corrected chi connectivity index (χ4v) is 6.67. The Bertz CT molecular complexity index is 1970. The zero-order valence-corrected chi connectivity index (χ0v) is 27.4. The summed E-state index contributed by atoms with van der Waals surface area (Å²) in [5.74, 6) is -0.434. The van der Waals surface area contributed by atoms with Gasteiger partial charge in [0.05, 0.1) is 30.3 Å². The van der Waals surface area contributed by atoms with E-state index >= 15 is 4.39 Å². The van der Waals surface area contributed by atoms with Gasteiger partial charge in [0, 0.05) is 38.9 Å². The van der Waals surface area contributed by atoms with Crippen LogP contribution >= 0.6 is 0 Å². The van der Waals surface area contributed by atoms with Crippen molar-refractivity contribution in [3.05, 3.63) is 70.3 Å². The second-order valence-corrected chi connectivity index (χ2v) is 13.6. The lowest BCUT2D eigenvalue weighted by atomic mass is 10.0.